The van der Waals surface area contributed by atoms with Gasteiger partial charge in [-0.25, -0.2) is 0 Å². The van der Waals surface area contributed by atoms with Crippen LogP contribution in [0.1, 0.15) is 32.6 Å². The molecule has 96 valence electrons. The molecule has 1 saturated carbocycles. The first-order chi connectivity index (χ1) is 7.45. The molecule has 0 aromatic carbocycles. The number of nitrogens with one attached hydrogen (secondary N) is 2. The first-order valence-electron chi connectivity index (χ1n) is 5.89. The number of nitrogens with zero attached hydrogens (tertiary/aromatic N) is 1. The molecule has 0 heterocycles. The summed E-state index contributed by atoms with van der Waals surface area (Å²) in [6.07, 6.45) is 3.94. The average molecular weight is 249 g/mol. The lowest BCUT2D eigenvalue weighted by atomic mass is 9.92. The molecular weight excluding hydrogens is 226 g/mol. The van der Waals surface area contributed by atoms with E-state index in [1.165, 1.54) is 4.31 Å². The van der Waals surface area contributed by atoms with Gasteiger partial charge in [-0.3, -0.25) is 0 Å². The van der Waals surface area contributed by atoms with Crippen LogP contribution in [0.4, 0.5) is 0 Å². The van der Waals surface area contributed by atoms with E-state index in [2.05, 4.69) is 17.0 Å². The van der Waals surface area contributed by atoms with Crippen LogP contribution in [0.3, 0.4) is 0 Å². The fourth-order valence-electron chi connectivity index (χ4n) is 2.02. The Morgan fingerprint density at radius 2 is 1.62 bits per heavy atom. The van der Waals surface area contributed by atoms with Gasteiger partial charge in [-0.2, -0.15) is 17.4 Å². The topological polar surface area (TPSA) is 61.4 Å². The van der Waals surface area contributed by atoms with E-state index in [4.69, 9.17) is 0 Å². The van der Waals surface area contributed by atoms with Crippen molar-refractivity contribution in [2.45, 2.75) is 44.7 Å². The Labute approximate surface area is 98.8 Å². The second-order valence-electron chi connectivity index (χ2n) is 4.51. The van der Waals surface area contributed by atoms with Gasteiger partial charge in [-0.15, -0.1) is 0 Å². The summed E-state index contributed by atoms with van der Waals surface area (Å²) in [5.74, 6) is 0. The third kappa shape index (κ3) is 4.01. The molecule has 0 aromatic heterocycles. The fourth-order valence-corrected chi connectivity index (χ4v) is 2.89. The summed E-state index contributed by atoms with van der Waals surface area (Å²) < 4.78 is 27.2. The lowest BCUT2D eigenvalue weighted by Gasteiger charge is -2.30. The maximum atomic E-state index is 11.6. The lowest BCUT2D eigenvalue weighted by molar-refractivity contribution is 0.330. The van der Waals surface area contributed by atoms with E-state index in [1.54, 1.807) is 14.1 Å². The van der Waals surface area contributed by atoms with Gasteiger partial charge in [0.15, 0.2) is 0 Å². The van der Waals surface area contributed by atoms with Gasteiger partial charge in [0, 0.05) is 26.2 Å². The monoisotopic (exact) mass is 249 g/mol. The van der Waals surface area contributed by atoms with Gasteiger partial charge >= 0.3 is 0 Å². The van der Waals surface area contributed by atoms with Gasteiger partial charge in [0.2, 0.25) is 0 Å². The van der Waals surface area contributed by atoms with Gasteiger partial charge in [0.05, 0.1) is 0 Å². The molecule has 5 nitrogen and oxygen atoms in total. The number of hydrogen-bond acceptors (Lipinski definition) is 3. The Hall–Kier alpha value is -0.170. The van der Waals surface area contributed by atoms with Crippen LogP contribution >= 0.6 is 0 Å². The van der Waals surface area contributed by atoms with Gasteiger partial charge in [0.1, 0.15) is 0 Å². The Balaban J connectivity index is 2.38. The summed E-state index contributed by atoms with van der Waals surface area (Å²) in [4.78, 5) is 0. The van der Waals surface area contributed by atoms with Crippen molar-refractivity contribution in [1.82, 2.24) is 14.3 Å². The molecule has 0 spiro atoms. The molecule has 6 heteroatoms. The zero-order valence-electron chi connectivity index (χ0n) is 10.4. The molecule has 0 saturated heterocycles. The van der Waals surface area contributed by atoms with E-state index in [1.807, 2.05) is 0 Å². The van der Waals surface area contributed by atoms with E-state index in [0.29, 0.717) is 6.04 Å². The summed E-state index contributed by atoms with van der Waals surface area (Å²) >= 11 is 0. The third-order valence-corrected chi connectivity index (χ3v) is 4.61. The van der Waals surface area contributed by atoms with Crippen LogP contribution < -0.4 is 10.0 Å². The molecule has 0 amide bonds. The van der Waals surface area contributed by atoms with Crippen LogP contribution in [0.25, 0.3) is 0 Å². The van der Waals surface area contributed by atoms with Crippen molar-refractivity contribution in [3.63, 3.8) is 0 Å². The highest BCUT2D eigenvalue weighted by atomic mass is 32.2. The molecule has 2 N–H and O–H groups in total. The van der Waals surface area contributed by atoms with Gasteiger partial charge in [-0.1, -0.05) is 6.92 Å². The minimum atomic E-state index is -3.26. The van der Waals surface area contributed by atoms with Crippen LogP contribution in [0, 0.1) is 0 Å². The second-order valence-corrected chi connectivity index (χ2v) is 6.43. The quantitative estimate of drug-likeness (QED) is 0.737. The first kappa shape index (κ1) is 13.9. The molecule has 1 rings (SSSR count). The van der Waals surface area contributed by atoms with Crippen LogP contribution in [0.2, 0.25) is 0 Å². The van der Waals surface area contributed by atoms with Crippen LogP contribution in [0.15, 0.2) is 0 Å². The fraction of sp³-hybridized carbons (Fsp3) is 1.00. The maximum absolute atomic E-state index is 11.6. The molecule has 1 fully saturated rings. The van der Waals surface area contributed by atoms with E-state index in [9.17, 15) is 8.42 Å². The molecule has 0 unspecified atom stereocenters. The summed E-state index contributed by atoms with van der Waals surface area (Å²) in [5, 5.41) is 3.40. The van der Waals surface area contributed by atoms with Crippen molar-refractivity contribution < 1.29 is 8.42 Å². The SMILES string of the molecule is CCNC1CCC(NS(=O)(=O)N(C)C)CC1. The second kappa shape index (κ2) is 5.95. The standard InChI is InChI=1S/C10H23N3O2S/c1-4-11-9-5-7-10(8-6-9)12-16(14,15)13(2)3/h9-12H,4-8H2,1-3H3. The Morgan fingerprint density at radius 1 is 1.12 bits per heavy atom. The van der Waals surface area contributed by atoms with E-state index < -0.39 is 10.2 Å². The zero-order chi connectivity index (χ0) is 12.2. The highest BCUT2D eigenvalue weighted by Crippen LogP contribution is 2.19. The van der Waals surface area contributed by atoms with Gasteiger partial charge in [0.25, 0.3) is 10.2 Å². The van der Waals surface area contributed by atoms with Crippen LogP contribution in [-0.2, 0) is 10.2 Å². The Kier molecular flexibility index (Phi) is 5.17. The van der Waals surface area contributed by atoms with Crippen molar-refractivity contribution in [2.75, 3.05) is 20.6 Å². The first-order valence-corrected chi connectivity index (χ1v) is 7.33. The van der Waals surface area contributed by atoms with Crippen molar-refractivity contribution >= 4 is 10.2 Å². The van der Waals surface area contributed by atoms with Crippen molar-refractivity contribution in [3.8, 4) is 0 Å². The summed E-state index contributed by atoms with van der Waals surface area (Å²) in [6.45, 7) is 3.08. The normalized spacial score (nSPS) is 27.2. The van der Waals surface area contributed by atoms with E-state index in [-0.39, 0.29) is 6.04 Å². The minimum Gasteiger partial charge on any atom is -0.314 e. The summed E-state index contributed by atoms with van der Waals surface area (Å²) in [6, 6.07) is 0.660. The maximum Gasteiger partial charge on any atom is 0.279 e. The van der Waals surface area contributed by atoms with Crippen molar-refractivity contribution in [3.05, 3.63) is 0 Å². The molecule has 0 atom stereocenters. The highest BCUT2D eigenvalue weighted by molar-refractivity contribution is 7.87. The largest absolute Gasteiger partial charge is 0.314 e. The van der Waals surface area contributed by atoms with Crippen LogP contribution in [-0.4, -0.2) is 45.4 Å². The summed E-state index contributed by atoms with van der Waals surface area (Å²) in [5.41, 5.74) is 0. The molecule has 0 bridgehead atoms. The Morgan fingerprint density at radius 3 is 2.06 bits per heavy atom. The van der Waals surface area contributed by atoms with Crippen molar-refractivity contribution in [1.29, 1.82) is 0 Å². The zero-order valence-corrected chi connectivity index (χ0v) is 11.2. The predicted molar refractivity (Wildman–Crippen MR) is 65.5 cm³/mol. The molecular formula is C10H23N3O2S. The molecule has 0 aromatic rings. The molecule has 1 aliphatic carbocycles. The van der Waals surface area contributed by atoms with Crippen LogP contribution in [0.5, 0.6) is 0 Å². The summed E-state index contributed by atoms with van der Waals surface area (Å²) in [7, 11) is -0.168. The predicted octanol–water partition coefficient (Wildman–Crippen LogP) is 0.303. The number of rotatable bonds is 5. The molecule has 0 aliphatic heterocycles. The van der Waals surface area contributed by atoms with Gasteiger partial charge < -0.3 is 5.32 Å². The van der Waals surface area contributed by atoms with Crippen molar-refractivity contribution in [2.24, 2.45) is 0 Å². The molecule has 1 aliphatic rings. The van der Waals surface area contributed by atoms with Gasteiger partial charge in [-0.05, 0) is 32.2 Å². The average Bonchev–Trinajstić information content (AvgIpc) is 2.21. The third-order valence-electron chi connectivity index (χ3n) is 3.02. The smallest absolute Gasteiger partial charge is 0.279 e. The highest BCUT2D eigenvalue weighted by Gasteiger charge is 2.25. The number of hydrogen-bond donors (Lipinski definition) is 2. The van der Waals surface area contributed by atoms with E-state index in [0.717, 1.165) is 32.2 Å². The Bertz CT molecular complexity index is 295. The minimum absolute atomic E-state index is 0.0994. The van der Waals surface area contributed by atoms with E-state index >= 15 is 0 Å². The molecule has 16 heavy (non-hydrogen) atoms. The lowest BCUT2D eigenvalue weighted by Crippen LogP contribution is -2.45. The molecule has 0 radical (unpaired) electrons.